The minimum absolute atomic E-state index is 0.141. The van der Waals surface area contributed by atoms with Gasteiger partial charge in [0.1, 0.15) is 5.54 Å². The molecule has 1 aromatic heterocycles. The summed E-state index contributed by atoms with van der Waals surface area (Å²) in [5.41, 5.74) is -0.766. The molecule has 2 rings (SSSR count). The molecule has 27 heavy (non-hydrogen) atoms. The van der Waals surface area contributed by atoms with Crippen molar-refractivity contribution in [2.24, 2.45) is 4.99 Å². The van der Waals surface area contributed by atoms with Crippen molar-refractivity contribution in [1.82, 2.24) is 20.9 Å². The molecule has 3 N–H and O–H groups in total. The number of aliphatic imine (C=N–C) groups is 1. The minimum Gasteiger partial charge on any atom is -0.356 e. The van der Waals surface area contributed by atoms with Gasteiger partial charge in [-0.05, 0) is 45.7 Å². The number of hydrogen-bond acceptors (Lipinski definition) is 4. The largest absolute Gasteiger partial charge is 0.356 e. The molecule has 0 spiro atoms. The van der Waals surface area contributed by atoms with Gasteiger partial charge in [-0.3, -0.25) is 14.7 Å². The van der Waals surface area contributed by atoms with E-state index in [2.05, 4.69) is 46.9 Å². The maximum absolute atomic E-state index is 12.4. The number of guanidine groups is 1. The highest BCUT2D eigenvalue weighted by molar-refractivity contribution is 7.11. The van der Waals surface area contributed by atoms with Crippen molar-refractivity contribution in [3.05, 3.63) is 21.9 Å². The van der Waals surface area contributed by atoms with Crippen LogP contribution in [0.25, 0.3) is 0 Å². The molecule has 3 amide bonds. The van der Waals surface area contributed by atoms with Crippen LogP contribution in [0.1, 0.15) is 43.4 Å². The lowest BCUT2D eigenvalue weighted by Crippen LogP contribution is -2.44. The smallest absolute Gasteiger partial charge is 0.325 e. The Morgan fingerprint density at radius 3 is 2.70 bits per heavy atom. The van der Waals surface area contributed by atoms with Crippen LogP contribution in [0.2, 0.25) is 0 Å². The zero-order chi connectivity index (χ0) is 20.0. The third kappa shape index (κ3) is 5.45. The predicted molar refractivity (Wildman–Crippen MR) is 110 cm³/mol. The molecular formula is C19H31N5O2S. The van der Waals surface area contributed by atoms with Crippen molar-refractivity contribution in [2.45, 2.75) is 58.5 Å². The molecule has 0 saturated carbocycles. The van der Waals surface area contributed by atoms with E-state index in [1.165, 1.54) is 14.7 Å². The van der Waals surface area contributed by atoms with Crippen LogP contribution in [0.5, 0.6) is 0 Å². The number of hydrogen-bond donors (Lipinski definition) is 3. The van der Waals surface area contributed by atoms with Gasteiger partial charge in [-0.2, -0.15) is 0 Å². The normalized spacial score (nSPS) is 21.4. The van der Waals surface area contributed by atoms with E-state index in [1.807, 2.05) is 18.3 Å². The maximum Gasteiger partial charge on any atom is 0.325 e. The molecule has 1 aliphatic heterocycles. The van der Waals surface area contributed by atoms with Crippen molar-refractivity contribution in [2.75, 3.05) is 20.1 Å². The van der Waals surface area contributed by atoms with Crippen molar-refractivity contribution in [3.8, 4) is 0 Å². The monoisotopic (exact) mass is 393 g/mol. The zero-order valence-electron chi connectivity index (χ0n) is 16.9. The first-order valence-corrected chi connectivity index (χ1v) is 10.3. The molecule has 0 radical (unpaired) electrons. The topological polar surface area (TPSA) is 85.8 Å². The summed E-state index contributed by atoms with van der Waals surface area (Å²) in [6, 6.07) is 4.26. The van der Waals surface area contributed by atoms with Gasteiger partial charge in [0, 0.05) is 42.4 Å². The lowest BCUT2D eigenvalue weighted by Gasteiger charge is -2.20. The summed E-state index contributed by atoms with van der Waals surface area (Å²) < 4.78 is 0. The van der Waals surface area contributed by atoms with Crippen LogP contribution in [0.3, 0.4) is 0 Å². The van der Waals surface area contributed by atoms with Gasteiger partial charge in [-0.25, -0.2) is 4.79 Å². The van der Waals surface area contributed by atoms with Gasteiger partial charge in [0.05, 0.1) is 0 Å². The second-order valence-corrected chi connectivity index (χ2v) is 8.56. The molecule has 2 heterocycles. The fourth-order valence-electron chi connectivity index (χ4n) is 3.01. The molecule has 1 aromatic rings. The number of carbonyl (C=O) groups is 2. The Bertz CT molecular complexity index is 702. The van der Waals surface area contributed by atoms with Crippen LogP contribution in [0.4, 0.5) is 4.79 Å². The van der Waals surface area contributed by atoms with Crippen molar-refractivity contribution >= 4 is 29.2 Å². The Hall–Kier alpha value is -2.09. The average Bonchev–Trinajstić information content (AvgIpc) is 3.12. The van der Waals surface area contributed by atoms with Crippen molar-refractivity contribution < 1.29 is 9.59 Å². The lowest BCUT2D eigenvalue weighted by atomic mass is 9.99. The van der Waals surface area contributed by atoms with Crippen LogP contribution >= 0.6 is 11.3 Å². The first-order valence-electron chi connectivity index (χ1n) is 9.45. The van der Waals surface area contributed by atoms with E-state index in [9.17, 15) is 9.59 Å². The minimum atomic E-state index is -0.766. The number of imide groups is 1. The SMILES string of the molecule is CCC1(C)NC(=O)N(CCCNC(=NC)NC(C)Cc2ccc(C)s2)C1=O. The molecule has 1 aliphatic rings. The van der Waals surface area contributed by atoms with E-state index < -0.39 is 5.54 Å². The van der Waals surface area contributed by atoms with E-state index in [-0.39, 0.29) is 18.0 Å². The van der Waals surface area contributed by atoms with Crippen molar-refractivity contribution in [1.29, 1.82) is 0 Å². The van der Waals surface area contributed by atoms with Gasteiger partial charge < -0.3 is 16.0 Å². The first-order chi connectivity index (χ1) is 12.8. The first kappa shape index (κ1) is 21.2. The van der Waals surface area contributed by atoms with Gasteiger partial charge in [0.2, 0.25) is 0 Å². The second-order valence-electron chi connectivity index (χ2n) is 7.19. The third-order valence-electron chi connectivity index (χ3n) is 4.81. The van der Waals surface area contributed by atoms with Crippen LogP contribution in [0, 0.1) is 6.92 Å². The Kier molecular flexibility index (Phi) is 7.24. The number of amides is 3. The predicted octanol–water partition coefficient (Wildman–Crippen LogP) is 2.26. The van der Waals surface area contributed by atoms with E-state index in [1.54, 1.807) is 14.0 Å². The highest BCUT2D eigenvalue weighted by atomic mass is 32.1. The molecule has 1 saturated heterocycles. The number of carbonyl (C=O) groups excluding carboxylic acids is 2. The third-order valence-corrected chi connectivity index (χ3v) is 5.84. The fourth-order valence-corrected chi connectivity index (χ4v) is 4.03. The van der Waals surface area contributed by atoms with Crippen LogP contribution in [-0.4, -0.2) is 54.5 Å². The number of thiophene rings is 1. The highest BCUT2D eigenvalue weighted by Gasteiger charge is 2.45. The van der Waals surface area contributed by atoms with Crippen LogP contribution < -0.4 is 16.0 Å². The lowest BCUT2D eigenvalue weighted by molar-refractivity contribution is -0.130. The van der Waals surface area contributed by atoms with E-state index in [0.717, 1.165) is 12.4 Å². The molecule has 0 aromatic carbocycles. The Morgan fingerprint density at radius 1 is 1.41 bits per heavy atom. The summed E-state index contributed by atoms with van der Waals surface area (Å²) in [6.45, 7) is 8.94. The highest BCUT2D eigenvalue weighted by Crippen LogP contribution is 2.20. The molecule has 0 aliphatic carbocycles. The summed E-state index contributed by atoms with van der Waals surface area (Å²) in [5, 5.41) is 9.40. The van der Waals surface area contributed by atoms with E-state index >= 15 is 0 Å². The summed E-state index contributed by atoms with van der Waals surface area (Å²) in [5.74, 6) is 0.587. The molecule has 7 nitrogen and oxygen atoms in total. The summed E-state index contributed by atoms with van der Waals surface area (Å²) >= 11 is 1.81. The second kappa shape index (κ2) is 9.21. The van der Waals surface area contributed by atoms with Crippen molar-refractivity contribution in [3.63, 3.8) is 0 Å². The molecule has 2 unspecified atom stereocenters. The molecular weight excluding hydrogens is 362 g/mol. The Labute approximate surface area is 165 Å². The standard InChI is InChI=1S/C19H31N5O2S/c1-6-19(4)16(25)24(18(26)23-19)11-7-10-21-17(20-5)22-13(2)12-15-9-8-14(3)27-15/h8-9,13H,6-7,10-12H2,1-5H3,(H,23,26)(H2,20,21,22). The number of aryl methyl sites for hydroxylation is 1. The Balaban J connectivity index is 1.73. The molecule has 8 heteroatoms. The molecule has 1 fully saturated rings. The molecule has 2 atom stereocenters. The fraction of sp³-hybridized carbons (Fsp3) is 0.632. The number of urea groups is 1. The Morgan fingerprint density at radius 2 is 2.15 bits per heavy atom. The van der Waals surface area contributed by atoms with Gasteiger partial charge in [-0.15, -0.1) is 11.3 Å². The average molecular weight is 394 g/mol. The number of rotatable bonds is 8. The summed E-state index contributed by atoms with van der Waals surface area (Å²) in [6.07, 6.45) is 2.19. The van der Waals surface area contributed by atoms with E-state index in [4.69, 9.17) is 0 Å². The van der Waals surface area contributed by atoms with E-state index in [0.29, 0.717) is 25.9 Å². The van der Waals surface area contributed by atoms with Gasteiger partial charge >= 0.3 is 6.03 Å². The van der Waals surface area contributed by atoms with Crippen LogP contribution in [0.15, 0.2) is 17.1 Å². The van der Waals surface area contributed by atoms with Gasteiger partial charge in [0.15, 0.2) is 5.96 Å². The molecule has 0 bridgehead atoms. The van der Waals surface area contributed by atoms with Gasteiger partial charge in [0.25, 0.3) is 5.91 Å². The maximum atomic E-state index is 12.4. The molecule has 150 valence electrons. The zero-order valence-corrected chi connectivity index (χ0v) is 17.7. The number of nitrogens with one attached hydrogen (secondary N) is 3. The van der Waals surface area contributed by atoms with Crippen LogP contribution in [-0.2, 0) is 11.2 Å². The number of nitrogens with zero attached hydrogens (tertiary/aromatic N) is 2. The van der Waals surface area contributed by atoms with Gasteiger partial charge in [-0.1, -0.05) is 6.92 Å². The summed E-state index contributed by atoms with van der Waals surface area (Å²) in [4.78, 5) is 32.6. The summed E-state index contributed by atoms with van der Waals surface area (Å²) in [7, 11) is 1.74. The quantitative estimate of drug-likeness (QED) is 0.274.